The Hall–Kier alpha value is -1.55. The minimum absolute atomic E-state index is 0.0223. The topological polar surface area (TPSA) is 60.8 Å². The molecular formula is C15H21NO3. The Morgan fingerprint density at radius 2 is 1.89 bits per heavy atom. The van der Waals surface area contributed by atoms with Gasteiger partial charge in [-0.15, -0.1) is 0 Å². The zero-order valence-corrected chi connectivity index (χ0v) is 11.4. The first-order valence-corrected chi connectivity index (χ1v) is 6.64. The van der Waals surface area contributed by atoms with E-state index in [4.69, 9.17) is 0 Å². The van der Waals surface area contributed by atoms with Gasteiger partial charge in [0.05, 0.1) is 5.60 Å². The van der Waals surface area contributed by atoms with E-state index in [1.54, 1.807) is 13.8 Å². The molecule has 1 aliphatic carbocycles. The van der Waals surface area contributed by atoms with Crippen LogP contribution in [0.25, 0.3) is 0 Å². The van der Waals surface area contributed by atoms with Crippen molar-refractivity contribution in [2.75, 3.05) is 0 Å². The standard InChI is InChI=1S/C15H21NO3/c1-15(2,19)12-8-13(9-12)16(14(17)18)10-11-6-4-3-5-7-11/h3-7,12-13,19H,8-10H2,1-2H3,(H,17,18)/t12-,13-. The largest absolute Gasteiger partial charge is 0.465 e. The normalized spacial score (nSPS) is 22.7. The van der Waals surface area contributed by atoms with Crippen LogP contribution >= 0.6 is 0 Å². The summed E-state index contributed by atoms with van der Waals surface area (Å²) in [7, 11) is 0. The maximum atomic E-state index is 11.4. The fourth-order valence-electron chi connectivity index (χ4n) is 2.55. The van der Waals surface area contributed by atoms with E-state index in [0.717, 1.165) is 18.4 Å². The summed E-state index contributed by atoms with van der Waals surface area (Å²) in [6.45, 7) is 3.99. The van der Waals surface area contributed by atoms with Crippen LogP contribution < -0.4 is 0 Å². The minimum atomic E-state index is -0.886. The van der Waals surface area contributed by atoms with Crippen molar-refractivity contribution in [3.05, 3.63) is 35.9 Å². The molecule has 1 aromatic carbocycles. The molecule has 1 aromatic rings. The van der Waals surface area contributed by atoms with Gasteiger partial charge in [0, 0.05) is 12.6 Å². The average molecular weight is 263 g/mol. The predicted molar refractivity (Wildman–Crippen MR) is 72.8 cm³/mol. The molecule has 0 radical (unpaired) electrons. The van der Waals surface area contributed by atoms with E-state index in [0.29, 0.717) is 6.54 Å². The highest BCUT2D eigenvalue weighted by molar-refractivity contribution is 5.65. The quantitative estimate of drug-likeness (QED) is 0.878. The highest BCUT2D eigenvalue weighted by atomic mass is 16.4. The van der Waals surface area contributed by atoms with Gasteiger partial charge in [-0.25, -0.2) is 4.79 Å². The molecule has 0 aromatic heterocycles. The average Bonchev–Trinajstić information content (AvgIpc) is 2.25. The van der Waals surface area contributed by atoms with Gasteiger partial charge in [0.1, 0.15) is 0 Å². The van der Waals surface area contributed by atoms with Crippen LogP contribution in [0.5, 0.6) is 0 Å². The van der Waals surface area contributed by atoms with Crippen LogP contribution in [-0.2, 0) is 6.54 Å². The fourth-order valence-corrected chi connectivity index (χ4v) is 2.55. The lowest BCUT2D eigenvalue weighted by molar-refractivity contribution is -0.0556. The van der Waals surface area contributed by atoms with Crippen molar-refractivity contribution in [2.24, 2.45) is 5.92 Å². The summed E-state index contributed by atoms with van der Waals surface area (Å²) in [5.74, 6) is 0.190. The van der Waals surface area contributed by atoms with Crippen molar-refractivity contribution in [1.82, 2.24) is 4.90 Å². The highest BCUT2D eigenvalue weighted by Gasteiger charge is 2.42. The molecular weight excluding hydrogens is 242 g/mol. The number of nitrogens with zero attached hydrogens (tertiary/aromatic N) is 1. The van der Waals surface area contributed by atoms with Crippen LogP contribution in [0.1, 0.15) is 32.3 Å². The van der Waals surface area contributed by atoms with Crippen molar-refractivity contribution in [3.63, 3.8) is 0 Å². The third-order valence-corrected chi connectivity index (χ3v) is 3.99. The summed E-state index contributed by atoms with van der Waals surface area (Å²) in [4.78, 5) is 12.8. The number of benzene rings is 1. The molecule has 0 unspecified atom stereocenters. The number of carboxylic acid groups (broad SMARTS) is 1. The molecule has 0 aliphatic heterocycles. The third-order valence-electron chi connectivity index (χ3n) is 3.99. The van der Waals surface area contributed by atoms with Gasteiger partial charge in [0.2, 0.25) is 0 Å². The first-order chi connectivity index (χ1) is 8.88. The van der Waals surface area contributed by atoms with Gasteiger partial charge in [-0.1, -0.05) is 30.3 Å². The lowest BCUT2D eigenvalue weighted by atomic mass is 9.70. The van der Waals surface area contributed by atoms with E-state index in [2.05, 4.69) is 0 Å². The molecule has 2 rings (SSSR count). The van der Waals surface area contributed by atoms with Crippen LogP contribution in [0.3, 0.4) is 0 Å². The van der Waals surface area contributed by atoms with Crippen LogP contribution in [0, 0.1) is 5.92 Å². The summed E-state index contributed by atoms with van der Waals surface area (Å²) in [5.41, 5.74) is 0.282. The molecule has 1 amide bonds. The molecule has 0 bridgehead atoms. The second-order valence-corrected chi connectivity index (χ2v) is 5.87. The first kappa shape index (κ1) is 13.9. The predicted octanol–water partition coefficient (Wildman–Crippen LogP) is 2.72. The van der Waals surface area contributed by atoms with Crippen molar-refractivity contribution >= 4 is 6.09 Å². The van der Waals surface area contributed by atoms with Crippen LogP contribution in [0.15, 0.2) is 30.3 Å². The molecule has 1 saturated carbocycles. The van der Waals surface area contributed by atoms with E-state index in [9.17, 15) is 15.0 Å². The lowest BCUT2D eigenvalue weighted by Crippen LogP contribution is -2.52. The molecule has 0 heterocycles. The van der Waals surface area contributed by atoms with E-state index < -0.39 is 11.7 Å². The Morgan fingerprint density at radius 3 is 2.37 bits per heavy atom. The molecule has 19 heavy (non-hydrogen) atoms. The Bertz CT molecular complexity index is 432. The molecule has 104 valence electrons. The van der Waals surface area contributed by atoms with Crippen molar-refractivity contribution < 1.29 is 15.0 Å². The van der Waals surface area contributed by atoms with Gasteiger partial charge >= 0.3 is 6.09 Å². The summed E-state index contributed by atoms with van der Waals surface area (Å²) in [6, 6.07) is 9.63. The number of amides is 1. The Kier molecular flexibility index (Phi) is 3.80. The maximum absolute atomic E-state index is 11.4. The van der Waals surface area contributed by atoms with Crippen LogP contribution in [0.4, 0.5) is 4.79 Å². The summed E-state index contributed by atoms with van der Waals surface area (Å²) < 4.78 is 0. The van der Waals surface area contributed by atoms with Crippen LogP contribution in [-0.4, -0.2) is 32.8 Å². The first-order valence-electron chi connectivity index (χ1n) is 6.64. The number of hydrogen-bond donors (Lipinski definition) is 2. The van der Waals surface area contributed by atoms with E-state index in [-0.39, 0.29) is 12.0 Å². The van der Waals surface area contributed by atoms with Gasteiger partial charge in [-0.3, -0.25) is 0 Å². The number of aliphatic hydroxyl groups is 1. The molecule has 2 N–H and O–H groups in total. The molecule has 0 atom stereocenters. The monoisotopic (exact) mass is 263 g/mol. The van der Waals surface area contributed by atoms with Crippen molar-refractivity contribution in [1.29, 1.82) is 0 Å². The van der Waals surface area contributed by atoms with Gasteiger partial charge in [0.15, 0.2) is 0 Å². The fraction of sp³-hybridized carbons (Fsp3) is 0.533. The number of carbonyl (C=O) groups is 1. The van der Waals surface area contributed by atoms with E-state index in [1.165, 1.54) is 4.90 Å². The SMILES string of the molecule is CC(C)(O)[C@H]1C[C@H](N(Cc2ccccc2)C(=O)O)C1. The zero-order valence-electron chi connectivity index (χ0n) is 11.4. The molecule has 4 heteroatoms. The summed E-state index contributed by atoms with van der Waals surface area (Å²) in [6.07, 6.45) is 0.591. The number of hydrogen-bond acceptors (Lipinski definition) is 2. The Labute approximate surface area is 113 Å². The molecule has 1 fully saturated rings. The summed E-state index contributed by atoms with van der Waals surface area (Å²) >= 11 is 0. The van der Waals surface area contributed by atoms with E-state index >= 15 is 0 Å². The summed E-state index contributed by atoms with van der Waals surface area (Å²) in [5, 5.41) is 19.2. The molecule has 4 nitrogen and oxygen atoms in total. The minimum Gasteiger partial charge on any atom is -0.465 e. The van der Waals surface area contributed by atoms with Crippen molar-refractivity contribution in [2.45, 2.75) is 44.9 Å². The Morgan fingerprint density at radius 1 is 1.32 bits per heavy atom. The van der Waals surface area contributed by atoms with E-state index in [1.807, 2.05) is 30.3 Å². The maximum Gasteiger partial charge on any atom is 0.407 e. The smallest absolute Gasteiger partial charge is 0.407 e. The van der Waals surface area contributed by atoms with Gasteiger partial charge in [-0.2, -0.15) is 0 Å². The molecule has 1 aliphatic rings. The number of rotatable bonds is 4. The zero-order chi connectivity index (χ0) is 14.0. The Balaban J connectivity index is 1.98. The molecule has 0 spiro atoms. The van der Waals surface area contributed by atoms with Crippen molar-refractivity contribution in [3.8, 4) is 0 Å². The lowest BCUT2D eigenvalue weighted by Gasteiger charge is -2.46. The van der Waals surface area contributed by atoms with Gasteiger partial charge in [-0.05, 0) is 38.2 Å². The third kappa shape index (κ3) is 3.26. The van der Waals surface area contributed by atoms with Gasteiger partial charge in [0.25, 0.3) is 0 Å². The van der Waals surface area contributed by atoms with Crippen LogP contribution in [0.2, 0.25) is 0 Å². The second kappa shape index (κ2) is 5.21. The van der Waals surface area contributed by atoms with Gasteiger partial charge < -0.3 is 15.1 Å². The highest BCUT2D eigenvalue weighted by Crippen LogP contribution is 2.39. The molecule has 0 saturated heterocycles. The second-order valence-electron chi connectivity index (χ2n) is 5.87.